The Morgan fingerprint density at radius 1 is 1.06 bits per heavy atom. The second-order valence-electron chi connectivity index (χ2n) is 16.3. The second kappa shape index (κ2) is 13.3. The van der Waals surface area contributed by atoms with Gasteiger partial charge in [-0.25, -0.2) is 14.5 Å². The van der Waals surface area contributed by atoms with Crippen molar-refractivity contribution in [2.75, 3.05) is 25.6 Å². The van der Waals surface area contributed by atoms with E-state index in [1.54, 1.807) is 7.05 Å². The van der Waals surface area contributed by atoms with Crippen molar-refractivity contribution in [2.24, 2.45) is 50.2 Å². The lowest BCUT2D eigenvalue weighted by Crippen LogP contribution is -2.54. The molecule has 4 fully saturated rings. The van der Waals surface area contributed by atoms with E-state index in [4.69, 9.17) is 15.2 Å². The summed E-state index contributed by atoms with van der Waals surface area (Å²) in [6.45, 7) is 6.04. The number of aliphatic imine (C=N–C) groups is 2. The van der Waals surface area contributed by atoms with Crippen molar-refractivity contribution in [3.8, 4) is 5.75 Å². The maximum Gasteiger partial charge on any atom is 0.272 e. The average molecular weight is 699 g/mol. The highest BCUT2D eigenvalue weighted by Gasteiger charge is 2.60. The predicted octanol–water partition coefficient (Wildman–Crippen LogP) is 6.50. The molecule has 2 heterocycles. The van der Waals surface area contributed by atoms with Crippen molar-refractivity contribution in [3.63, 3.8) is 0 Å². The number of aromatic amines is 1. The number of hydrogen-bond donors (Lipinski definition) is 4. The van der Waals surface area contributed by atoms with E-state index in [1.807, 2.05) is 24.3 Å². The minimum Gasteiger partial charge on any atom is -0.491 e. The van der Waals surface area contributed by atoms with Crippen LogP contribution in [-0.4, -0.2) is 59.9 Å². The van der Waals surface area contributed by atoms with Crippen molar-refractivity contribution in [2.45, 2.75) is 95.8 Å². The molecule has 0 radical (unpaired) electrons. The number of aliphatic hydroxyl groups excluding tert-OH is 1. The molecule has 3 aromatic rings. The summed E-state index contributed by atoms with van der Waals surface area (Å²) < 4.78 is 27.4. The van der Waals surface area contributed by atoms with Crippen LogP contribution in [0.5, 0.6) is 5.75 Å². The van der Waals surface area contributed by atoms with E-state index < -0.39 is 23.3 Å². The first-order chi connectivity index (χ1) is 24.6. The fourth-order valence-electron chi connectivity index (χ4n) is 11.5. The number of hydrogen-bond acceptors (Lipinski definition) is 7. The Bertz CT molecular complexity index is 1900. The molecule has 0 saturated heterocycles. The third kappa shape index (κ3) is 5.75. The van der Waals surface area contributed by atoms with Crippen LogP contribution in [-0.2, 0) is 4.74 Å². The van der Waals surface area contributed by atoms with E-state index in [0.717, 1.165) is 48.3 Å². The van der Waals surface area contributed by atoms with Crippen molar-refractivity contribution < 1.29 is 19.0 Å². The van der Waals surface area contributed by atoms with Gasteiger partial charge in [-0.3, -0.25) is 9.79 Å². The van der Waals surface area contributed by atoms with Gasteiger partial charge >= 0.3 is 0 Å². The number of anilines is 1. The van der Waals surface area contributed by atoms with E-state index in [0.29, 0.717) is 47.1 Å². The number of benzene rings is 2. The van der Waals surface area contributed by atoms with E-state index in [9.17, 15) is 14.3 Å². The number of ether oxygens (including phenoxy) is 2. The van der Waals surface area contributed by atoms with Gasteiger partial charge in [0.25, 0.3) is 5.56 Å². The van der Waals surface area contributed by atoms with Crippen LogP contribution in [0.25, 0.3) is 10.8 Å². The largest absolute Gasteiger partial charge is 0.491 e. The smallest absolute Gasteiger partial charge is 0.272 e. The lowest BCUT2D eigenvalue weighted by atomic mass is 9.45. The van der Waals surface area contributed by atoms with Gasteiger partial charge in [0.2, 0.25) is 0 Å². The Hall–Kier alpha value is -3.83. The Balaban J connectivity index is 0.920. The minimum absolute atomic E-state index is 0.0996. The van der Waals surface area contributed by atoms with Gasteiger partial charge < -0.3 is 25.6 Å². The number of aliphatic hydroxyl groups is 1. The summed E-state index contributed by atoms with van der Waals surface area (Å²) in [7, 11) is 1.63. The molecule has 51 heavy (non-hydrogen) atoms. The molecule has 11 heteroatoms. The van der Waals surface area contributed by atoms with Crippen LogP contribution in [0.4, 0.5) is 10.1 Å². The number of nitrogens with two attached hydrogens (primary N) is 1. The van der Waals surface area contributed by atoms with Gasteiger partial charge in [0.1, 0.15) is 24.0 Å². The molecule has 4 aliphatic carbocycles. The second-order valence-corrected chi connectivity index (χ2v) is 16.3. The highest BCUT2D eigenvalue weighted by atomic mass is 19.1. The molecule has 2 unspecified atom stereocenters. The highest BCUT2D eigenvalue weighted by Crippen LogP contribution is 2.66. The van der Waals surface area contributed by atoms with Gasteiger partial charge in [0.05, 0.1) is 48.2 Å². The van der Waals surface area contributed by atoms with Gasteiger partial charge in [0.15, 0.2) is 0 Å². The maximum atomic E-state index is 14.6. The van der Waals surface area contributed by atoms with Gasteiger partial charge in [-0.2, -0.15) is 5.10 Å². The zero-order valence-electron chi connectivity index (χ0n) is 29.9. The number of nitrogens with zero attached hydrogens (tertiary/aromatic N) is 3. The van der Waals surface area contributed by atoms with Crippen LogP contribution in [0, 0.1) is 40.3 Å². The van der Waals surface area contributed by atoms with Crippen LogP contribution in [0.15, 0.2) is 51.2 Å². The van der Waals surface area contributed by atoms with E-state index >= 15 is 0 Å². The van der Waals surface area contributed by atoms with Crippen molar-refractivity contribution in [1.82, 2.24) is 10.2 Å². The summed E-state index contributed by atoms with van der Waals surface area (Å²) in [5.74, 6) is 3.09. The van der Waals surface area contributed by atoms with Crippen molar-refractivity contribution in [1.29, 1.82) is 0 Å². The number of H-pyrrole nitrogens is 1. The number of rotatable bonds is 7. The number of aromatic nitrogens is 2. The fourth-order valence-corrected chi connectivity index (χ4v) is 11.5. The SMILES string of the molecule is CN=C(N=CN)C1c2n[nH]c(=O)c3cc(F)cc(c23)NC1c1ccc(OCCO[C@H]2CC[C@H]3[C@@H]4CC[C@H]5C[C@@H](O)CC[C@]5(C)[C@H]4CC[C@]23C)cc1. The van der Waals surface area contributed by atoms with Crippen LogP contribution < -0.4 is 21.3 Å². The summed E-state index contributed by atoms with van der Waals surface area (Å²) in [4.78, 5) is 21.3. The molecule has 0 amide bonds. The molecule has 10 nitrogen and oxygen atoms in total. The van der Waals surface area contributed by atoms with Gasteiger partial charge in [-0.05, 0) is 122 Å². The van der Waals surface area contributed by atoms with Crippen LogP contribution in [0.3, 0.4) is 0 Å². The molecule has 272 valence electrons. The zero-order chi connectivity index (χ0) is 35.5. The van der Waals surface area contributed by atoms with Gasteiger partial charge in [-0.1, -0.05) is 26.0 Å². The zero-order valence-corrected chi connectivity index (χ0v) is 29.9. The minimum atomic E-state index is -0.516. The number of amidine groups is 1. The molecule has 1 aliphatic heterocycles. The summed E-state index contributed by atoms with van der Waals surface area (Å²) in [6, 6.07) is 9.97. The first-order valence-electron chi connectivity index (χ1n) is 18.9. The number of fused-ring (bicyclic) bond motifs is 5. The normalized spacial score (nSPS) is 36.0. The Labute approximate surface area is 298 Å². The van der Waals surface area contributed by atoms with Crippen LogP contribution >= 0.6 is 0 Å². The third-order valence-corrected chi connectivity index (χ3v) is 14.0. The van der Waals surface area contributed by atoms with Gasteiger partial charge in [0, 0.05) is 18.1 Å². The maximum absolute atomic E-state index is 14.6. The standard InChI is InChI=1S/C40H51FN6O4/c1-39-14-12-25(48)18-23(39)6-9-27-29-10-11-32(40(29,2)15-13-30(27)39)51-17-16-50-26-7-4-22(5-8-26)35-34(37(43-3)44-21-42)36-33-28(38(49)47-46-36)19-24(41)20-31(33)45-35/h4-5,7-8,19-21,23,25,27,29-30,32,34-35,45,48H,6,9-18H2,1-3H3,(H,47,49)(H2,42,43,44)/t23-,25-,27-,29-,30-,32-,34?,35?,39-,40-/m0/s1. The average Bonchev–Trinajstić information content (AvgIpc) is 3.46. The van der Waals surface area contributed by atoms with Crippen LogP contribution in [0.1, 0.15) is 94.9 Å². The Morgan fingerprint density at radius 2 is 1.84 bits per heavy atom. The Morgan fingerprint density at radius 3 is 2.63 bits per heavy atom. The topological polar surface area (TPSA) is 147 Å². The molecule has 4 saturated carbocycles. The van der Waals surface area contributed by atoms with Crippen molar-refractivity contribution in [3.05, 3.63) is 63.8 Å². The summed E-state index contributed by atoms with van der Waals surface area (Å²) in [5.41, 5.74) is 7.74. The highest BCUT2D eigenvalue weighted by molar-refractivity contribution is 6.04. The molecule has 8 rings (SSSR count). The third-order valence-electron chi connectivity index (χ3n) is 14.0. The molecule has 10 atom stereocenters. The van der Waals surface area contributed by atoms with E-state index in [1.165, 1.54) is 57.0 Å². The molecule has 0 bridgehead atoms. The fraction of sp³-hybridized carbons (Fsp3) is 0.600. The summed E-state index contributed by atoms with van der Waals surface area (Å²) >= 11 is 0. The molecular weight excluding hydrogens is 647 g/mol. The molecule has 5 N–H and O–H groups in total. The molecule has 0 spiro atoms. The van der Waals surface area contributed by atoms with Crippen LogP contribution in [0.2, 0.25) is 0 Å². The predicted molar refractivity (Wildman–Crippen MR) is 197 cm³/mol. The summed E-state index contributed by atoms with van der Waals surface area (Å²) in [5, 5.41) is 21.5. The lowest BCUT2D eigenvalue weighted by Gasteiger charge is -2.60. The number of halogens is 1. The van der Waals surface area contributed by atoms with E-state index in [-0.39, 0.29) is 23.0 Å². The molecule has 5 aliphatic rings. The summed E-state index contributed by atoms with van der Waals surface area (Å²) in [6.07, 6.45) is 12.0. The Kier molecular flexibility index (Phi) is 8.93. The van der Waals surface area contributed by atoms with E-state index in [2.05, 4.69) is 39.3 Å². The first-order valence-corrected chi connectivity index (χ1v) is 18.9. The van der Waals surface area contributed by atoms with Gasteiger partial charge in [-0.15, -0.1) is 0 Å². The van der Waals surface area contributed by atoms with Crippen molar-refractivity contribution >= 4 is 28.6 Å². The lowest BCUT2D eigenvalue weighted by molar-refractivity contribution is -0.142. The molecular formula is C40H51FN6O4. The quantitative estimate of drug-likeness (QED) is 0.125. The molecule has 1 aromatic heterocycles. The molecule has 2 aromatic carbocycles. The monoisotopic (exact) mass is 698 g/mol. The first kappa shape index (κ1) is 34.3. The number of nitrogens with one attached hydrogen (secondary N) is 2.